The Kier molecular flexibility index (Phi) is 8.79. The SMILES string of the molecule is S=C(NCC1(c2ccccc2)CCOCC1)Nc1nc(N2CCOCC2)cc(N2CCN(c3ccccc3)CC2)n1. The Morgan fingerprint density at radius 1 is 0.732 bits per heavy atom. The molecule has 9 nitrogen and oxygen atoms in total. The van der Waals surface area contributed by atoms with Crippen LogP contribution in [-0.2, 0) is 14.9 Å². The molecule has 41 heavy (non-hydrogen) atoms. The zero-order valence-electron chi connectivity index (χ0n) is 23.5. The summed E-state index contributed by atoms with van der Waals surface area (Å²) in [6.45, 7) is 8.89. The molecule has 3 fully saturated rings. The third-order valence-corrected chi connectivity index (χ3v) is 8.65. The Bertz CT molecular complexity index is 1280. The van der Waals surface area contributed by atoms with Gasteiger partial charge in [-0.15, -0.1) is 0 Å². The lowest BCUT2D eigenvalue weighted by Gasteiger charge is -2.38. The van der Waals surface area contributed by atoms with E-state index in [1.807, 2.05) is 0 Å². The van der Waals surface area contributed by atoms with Gasteiger partial charge >= 0.3 is 0 Å². The average Bonchev–Trinajstić information content (AvgIpc) is 3.05. The van der Waals surface area contributed by atoms with Gasteiger partial charge in [0.25, 0.3) is 0 Å². The summed E-state index contributed by atoms with van der Waals surface area (Å²) >= 11 is 5.79. The highest BCUT2D eigenvalue weighted by Gasteiger charge is 2.34. The molecule has 3 saturated heterocycles. The van der Waals surface area contributed by atoms with Crippen molar-refractivity contribution in [3.8, 4) is 0 Å². The van der Waals surface area contributed by atoms with Crippen LogP contribution in [0.15, 0.2) is 66.7 Å². The lowest BCUT2D eigenvalue weighted by Crippen LogP contribution is -2.47. The van der Waals surface area contributed by atoms with Gasteiger partial charge in [0, 0.05) is 76.2 Å². The highest BCUT2D eigenvalue weighted by atomic mass is 32.1. The van der Waals surface area contributed by atoms with E-state index in [0.29, 0.717) is 24.3 Å². The van der Waals surface area contributed by atoms with Crippen molar-refractivity contribution in [2.75, 3.05) is 92.3 Å². The predicted octanol–water partition coefficient (Wildman–Crippen LogP) is 3.67. The maximum Gasteiger partial charge on any atom is 0.232 e. The van der Waals surface area contributed by atoms with Crippen LogP contribution < -0.4 is 25.3 Å². The predicted molar refractivity (Wildman–Crippen MR) is 168 cm³/mol. The van der Waals surface area contributed by atoms with Crippen molar-refractivity contribution in [1.82, 2.24) is 15.3 Å². The number of nitrogens with one attached hydrogen (secondary N) is 2. The lowest BCUT2D eigenvalue weighted by atomic mass is 9.74. The van der Waals surface area contributed by atoms with Gasteiger partial charge in [-0.25, -0.2) is 0 Å². The van der Waals surface area contributed by atoms with Gasteiger partial charge in [-0.1, -0.05) is 48.5 Å². The normalized spacial score (nSPS) is 19.1. The van der Waals surface area contributed by atoms with Gasteiger partial charge in [0.05, 0.1) is 13.2 Å². The van der Waals surface area contributed by atoms with Crippen LogP contribution in [0.25, 0.3) is 0 Å². The Hall–Kier alpha value is -3.47. The maximum atomic E-state index is 5.79. The fourth-order valence-electron chi connectivity index (χ4n) is 5.94. The van der Waals surface area contributed by atoms with Gasteiger partial charge in [0.15, 0.2) is 5.11 Å². The largest absolute Gasteiger partial charge is 0.381 e. The first-order valence-electron chi connectivity index (χ1n) is 14.6. The van der Waals surface area contributed by atoms with Crippen LogP contribution >= 0.6 is 12.2 Å². The summed E-state index contributed by atoms with van der Waals surface area (Å²) in [5.41, 5.74) is 2.56. The minimum Gasteiger partial charge on any atom is -0.381 e. The number of morpholine rings is 1. The van der Waals surface area contributed by atoms with Gasteiger partial charge in [0.1, 0.15) is 11.6 Å². The number of aromatic nitrogens is 2. The molecular formula is C31H39N7O2S. The standard InChI is InChI=1S/C31H39N7O2S/c41-30(32-24-31(11-19-39-20-12-31)25-7-3-1-4-8-25)35-29-33-27(23-28(34-29)38-17-21-40-22-18-38)37-15-13-36(14-16-37)26-9-5-2-6-10-26/h1-10,23H,11-22,24H2,(H2,32,33,34,35,41). The number of piperazine rings is 1. The van der Waals surface area contributed by atoms with E-state index in [9.17, 15) is 0 Å². The van der Waals surface area contributed by atoms with Gasteiger partial charge in [-0.05, 0) is 42.8 Å². The van der Waals surface area contributed by atoms with E-state index < -0.39 is 0 Å². The number of hydrogen-bond acceptors (Lipinski definition) is 8. The first-order valence-corrected chi connectivity index (χ1v) is 15.0. The molecule has 3 aliphatic heterocycles. The highest BCUT2D eigenvalue weighted by molar-refractivity contribution is 7.80. The molecule has 0 unspecified atom stereocenters. The van der Waals surface area contributed by atoms with E-state index in [1.165, 1.54) is 11.3 Å². The number of nitrogens with zero attached hydrogens (tertiary/aromatic N) is 5. The molecule has 0 atom stereocenters. The Balaban J connectivity index is 1.16. The Morgan fingerprint density at radius 3 is 1.95 bits per heavy atom. The summed E-state index contributed by atoms with van der Waals surface area (Å²) in [7, 11) is 0. The quantitative estimate of drug-likeness (QED) is 0.409. The molecule has 4 heterocycles. The van der Waals surface area contributed by atoms with Gasteiger partial charge in [-0.3, -0.25) is 0 Å². The van der Waals surface area contributed by atoms with E-state index >= 15 is 0 Å². The maximum absolute atomic E-state index is 5.79. The summed E-state index contributed by atoms with van der Waals surface area (Å²) in [4.78, 5) is 16.9. The lowest BCUT2D eigenvalue weighted by molar-refractivity contribution is 0.0515. The molecule has 3 aromatic rings. The van der Waals surface area contributed by atoms with Crippen molar-refractivity contribution >= 4 is 40.6 Å². The van der Waals surface area contributed by atoms with Crippen LogP contribution in [0.4, 0.5) is 23.3 Å². The summed E-state index contributed by atoms with van der Waals surface area (Å²) in [6.07, 6.45) is 1.91. The van der Waals surface area contributed by atoms with Crippen LogP contribution in [0.1, 0.15) is 18.4 Å². The topological polar surface area (TPSA) is 78.0 Å². The molecule has 10 heteroatoms. The molecule has 0 bridgehead atoms. The van der Waals surface area contributed by atoms with E-state index in [2.05, 4.69) is 92.1 Å². The third-order valence-electron chi connectivity index (χ3n) is 8.41. The number of benzene rings is 2. The number of anilines is 4. The van der Waals surface area contributed by atoms with Crippen molar-refractivity contribution in [3.63, 3.8) is 0 Å². The van der Waals surface area contributed by atoms with Crippen molar-refractivity contribution in [2.45, 2.75) is 18.3 Å². The second-order valence-corrected chi connectivity index (χ2v) is 11.3. The zero-order chi connectivity index (χ0) is 27.9. The van der Waals surface area contributed by atoms with Crippen LogP contribution in [0.3, 0.4) is 0 Å². The third kappa shape index (κ3) is 6.72. The Labute approximate surface area is 247 Å². The molecule has 1 aromatic heterocycles. The average molecular weight is 574 g/mol. The van der Waals surface area contributed by atoms with E-state index in [1.54, 1.807) is 0 Å². The van der Waals surface area contributed by atoms with Gasteiger partial charge < -0.3 is 34.8 Å². The molecule has 6 rings (SSSR count). The van der Waals surface area contributed by atoms with Crippen LogP contribution in [0, 0.1) is 0 Å². The van der Waals surface area contributed by atoms with E-state index in [-0.39, 0.29) is 5.41 Å². The van der Waals surface area contributed by atoms with E-state index in [4.69, 9.17) is 31.7 Å². The first kappa shape index (κ1) is 27.7. The summed E-state index contributed by atoms with van der Waals surface area (Å²) in [6, 6.07) is 23.4. The van der Waals surface area contributed by atoms with Crippen molar-refractivity contribution < 1.29 is 9.47 Å². The smallest absolute Gasteiger partial charge is 0.232 e. The minimum atomic E-state index is -0.0225. The summed E-state index contributed by atoms with van der Waals surface area (Å²) < 4.78 is 11.3. The zero-order valence-corrected chi connectivity index (χ0v) is 24.3. The van der Waals surface area contributed by atoms with Crippen molar-refractivity contribution in [1.29, 1.82) is 0 Å². The molecule has 2 N–H and O–H groups in total. The summed E-state index contributed by atoms with van der Waals surface area (Å²) in [5, 5.41) is 7.34. The fourth-order valence-corrected chi connectivity index (χ4v) is 6.11. The van der Waals surface area contributed by atoms with Crippen LogP contribution in [0.2, 0.25) is 0 Å². The first-order chi connectivity index (χ1) is 20.2. The molecule has 0 amide bonds. The Morgan fingerprint density at radius 2 is 1.29 bits per heavy atom. The summed E-state index contributed by atoms with van der Waals surface area (Å²) in [5.74, 6) is 2.34. The second kappa shape index (κ2) is 13.0. The van der Waals surface area contributed by atoms with Crippen molar-refractivity contribution in [2.24, 2.45) is 0 Å². The molecule has 2 aromatic carbocycles. The molecule has 0 saturated carbocycles. The molecule has 3 aliphatic rings. The van der Waals surface area contributed by atoms with Gasteiger partial charge in [-0.2, -0.15) is 9.97 Å². The van der Waals surface area contributed by atoms with Gasteiger partial charge in [0.2, 0.25) is 5.95 Å². The molecule has 0 aliphatic carbocycles. The number of hydrogen-bond donors (Lipinski definition) is 2. The number of rotatable bonds is 7. The second-order valence-electron chi connectivity index (χ2n) is 10.9. The minimum absolute atomic E-state index is 0.0225. The van der Waals surface area contributed by atoms with Crippen molar-refractivity contribution in [3.05, 3.63) is 72.3 Å². The molecular weight excluding hydrogens is 534 g/mol. The fraction of sp³-hybridized carbons (Fsp3) is 0.452. The molecule has 0 radical (unpaired) electrons. The molecule has 0 spiro atoms. The number of ether oxygens (including phenoxy) is 2. The number of para-hydroxylation sites is 1. The highest BCUT2D eigenvalue weighted by Crippen LogP contribution is 2.34. The van der Waals surface area contributed by atoms with Crippen LogP contribution in [-0.4, -0.2) is 87.3 Å². The molecule has 216 valence electrons. The monoisotopic (exact) mass is 573 g/mol. The van der Waals surface area contributed by atoms with Crippen LogP contribution in [0.5, 0.6) is 0 Å². The number of thiocarbonyl (C=S) groups is 1. The van der Waals surface area contributed by atoms with E-state index in [0.717, 1.165) is 83.5 Å².